The van der Waals surface area contributed by atoms with Crippen molar-refractivity contribution in [3.63, 3.8) is 0 Å². The summed E-state index contributed by atoms with van der Waals surface area (Å²) in [6.45, 7) is 24.6. The molecule has 0 aromatic carbocycles. The molecule has 0 aliphatic heterocycles. The van der Waals surface area contributed by atoms with Crippen molar-refractivity contribution >= 4 is 0 Å². The van der Waals surface area contributed by atoms with Crippen LogP contribution in [0.3, 0.4) is 0 Å². The normalized spacial score (nSPS) is 7.07. The van der Waals surface area contributed by atoms with Crippen molar-refractivity contribution in [2.75, 3.05) is 0 Å². The first-order valence-corrected chi connectivity index (χ1v) is 11.2. The van der Waals surface area contributed by atoms with Gasteiger partial charge in [-0.1, -0.05) is 155 Å². The van der Waals surface area contributed by atoms with Gasteiger partial charge in [-0.15, -0.1) is 0 Å². The van der Waals surface area contributed by atoms with E-state index >= 15 is 0 Å². The molecular weight excluding hydrogens is 413 g/mol. The van der Waals surface area contributed by atoms with Gasteiger partial charge in [0.15, 0.2) is 0 Å². The Morgan fingerprint density at radius 3 is 0.643 bits per heavy atom. The van der Waals surface area contributed by atoms with Gasteiger partial charge in [-0.3, -0.25) is 0 Å². The Balaban J connectivity index is -0.0000000228. The van der Waals surface area contributed by atoms with Crippen LogP contribution < -0.4 is 0 Å². The van der Waals surface area contributed by atoms with Crippen molar-refractivity contribution in [3.8, 4) is 0 Å². The second-order valence-corrected chi connectivity index (χ2v) is 6.18. The Morgan fingerprint density at radius 2 is 0.571 bits per heavy atom. The average Bonchev–Trinajstić information content (AvgIpc) is 2.59. The maximum Gasteiger partial charge on any atom is 0 e. The fourth-order valence-corrected chi connectivity index (χ4v) is 1.43. The van der Waals surface area contributed by atoms with Gasteiger partial charge in [0.1, 0.15) is 0 Å². The van der Waals surface area contributed by atoms with Crippen molar-refractivity contribution in [3.05, 3.63) is 13.8 Å². The molecule has 0 fully saturated rings. The molecule has 0 aromatic rings. The van der Waals surface area contributed by atoms with Crippen LogP contribution in [0.4, 0.5) is 0 Å². The van der Waals surface area contributed by atoms with Crippen molar-refractivity contribution in [1.29, 1.82) is 0 Å². The maximum atomic E-state index is 3.72. The summed E-state index contributed by atoms with van der Waals surface area (Å²) in [5, 5.41) is 0. The smallest absolute Gasteiger partial charge is 0 e. The number of hydrogen-bond donors (Lipinski definition) is 0. The van der Waals surface area contributed by atoms with E-state index in [2.05, 4.69) is 62.3 Å². The summed E-state index contributed by atoms with van der Waals surface area (Å²) >= 11 is 0. The van der Waals surface area contributed by atoms with Crippen LogP contribution in [-0.4, -0.2) is 0 Å². The van der Waals surface area contributed by atoms with Crippen molar-refractivity contribution in [2.24, 2.45) is 0 Å². The molecule has 0 rings (SSSR count). The molecule has 0 spiro atoms. The van der Waals surface area contributed by atoms with Crippen molar-refractivity contribution < 1.29 is 32.7 Å². The molecule has 0 aliphatic carbocycles. The van der Waals surface area contributed by atoms with E-state index in [1.807, 2.05) is 6.92 Å². The monoisotopic (exact) mass is 481 g/mol. The SMILES string of the molecule is C.C.C.CCC.CCCCCC.CCCCCC.[CH2-]CC.[CH2-]CCCCC.[Y]. The van der Waals surface area contributed by atoms with Gasteiger partial charge in [0.2, 0.25) is 0 Å². The summed E-state index contributed by atoms with van der Waals surface area (Å²) in [5.74, 6) is 0. The summed E-state index contributed by atoms with van der Waals surface area (Å²) < 4.78 is 0. The fraction of sp³-hybridized carbons (Fsp3) is 0.926. The van der Waals surface area contributed by atoms with Gasteiger partial charge < -0.3 is 13.8 Å². The topological polar surface area (TPSA) is 0 Å². The van der Waals surface area contributed by atoms with Crippen molar-refractivity contribution in [1.82, 2.24) is 0 Å². The van der Waals surface area contributed by atoms with E-state index in [-0.39, 0.29) is 55.0 Å². The van der Waals surface area contributed by atoms with Gasteiger partial charge in [-0.25, -0.2) is 0 Å². The maximum absolute atomic E-state index is 3.72. The van der Waals surface area contributed by atoms with Crippen LogP contribution in [0, 0.1) is 13.8 Å². The minimum atomic E-state index is 0. The molecule has 0 unspecified atom stereocenters. The van der Waals surface area contributed by atoms with E-state index in [9.17, 15) is 0 Å². The van der Waals surface area contributed by atoms with E-state index < -0.39 is 0 Å². The molecule has 28 heavy (non-hydrogen) atoms. The fourth-order valence-electron chi connectivity index (χ4n) is 1.43. The Bertz CT molecular complexity index is 79.8. The van der Waals surface area contributed by atoms with E-state index in [1.54, 1.807) is 0 Å². The van der Waals surface area contributed by atoms with Crippen LogP contribution in [0.1, 0.15) is 168 Å². The minimum Gasteiger partial charge on any atom is -0.344 e. The molecule has 0 atom stereocenters. The molecule has 0 N–H and O–H groups in total. The molecule has 1 radical (unpaired) electrons. The Hall–Kier alpha value is 1.10. The van der Waals surface area contributed by atoms with E-state index in [0.29, 0.717) is 0 Å². The molecule has 0 bridgehead atoms. The molecule has 181 valence electrons. The molecule has 0 amide bonds. The number of hydrogen-bond acceptors (Lipinski definition) is 0. The van der Waals surface area contributed by atoms with Gasteiger partial charge in [-0.05, 0) is 0 Å². The standard InChI is InChI=1S/2C6H14.C6H13.C3H8.C3H7.3CH4.Y/c3*1-3-5-6-4-2;2*1-3-2;;;;/h2*3-6H2,1-2H3;1,3-6H2,2H3;3H2,1-2H3;1,3H2,2H3;3*1H4;/q;;-1;;-1;;;;. The zero-order valence-electron chi connectivity index (χ0n) is 19.9. The first-order valence-electron chi connectivity index (χ1n) is 11.2. The van der Waals surface area contributed by atoms with Gasteiger partial charge >= 0.3 is 0 Å². The summed E-state index contributed by atoms with van der Waals surface area (Å²) in [6, 6.07) is 0. The summed E-state index contributed by atoms with van der Waals surface area (Å²) in [7, 11) is 0. The van der Waals surface area contributed by atoms with Gasteiger partial charge in [-0.2, -0.15) is 12.8 Å². The van der Waals surface area contributed by atoms with Crippen LogP contribution in [0.15, 0.2) is 0 Å². The third-order valence-corrected chi connectivity index (χ3v) is 2.77. The number of rotatable bonds is 9. The van der Waals surface area contributed by atoms with Crippen LogP contribution in [0.5, 0.6) is 0 Å². The Labute approximate surface area is 213 Å². The van der Waals surface area contributed by atoms with Gasteiger partial charge in [0.25, 0.3) is 0 Å². The van der Waals surface area contributed by atoms with E-state index in [1.165, 1.54) is 77.0 Å². The number of unbranched alkanes of at least 4 members (excludes halogenated alkanes) is 9. The second kappa shape index (κ2) is 90.5. The summed E-state index contributed by atoms with van der Waals surface area (Å²) in [6.07, 6.45) is 18.4. The van der Waals surface area contributed by atoms with Gasteiger partial charge in [0.05, 0.1) is 0 Å². The second-order valence-electron chi connectivity index (χ2n) is 6.18. The van der Waals surface area contributed by atoms with Crippen LogP contribution in [0.25, 0.3) is 0 Å². The Kier molecular flexibility index (Phi) is 184. The predicted molar refractivity (Wildman–Crippen MR) is 141 cm³/mol. The first kappa shape index (κ1) is 56.9. The quantitative estimate of drug-likeness (QED) is 0.227. The third kappa shape index (κ3) is 181. The molecule has 0 saturated heterocycles. The molecule has 0 heterocycles. The largest absolute Gasteiger partial charge is 0.344 e. The van der Waals surface area contributed by atoms with Crippen LogP contribution in [-0.2, 0) is 32.7 Å². The average molecular weight is 482 g/mol. The zero-order chi connectivity index (χ0) is 19.9. The molecule has 0 aliphatic rings. The Morgan fingerprint density at radius 1 is 0.429 bits per heavy atom. The predicted octanol–water partition coefficient (Wildman–Crippen LogP) is 12.1. The first-order chi connectivity index (χ1) is 11.6. The minimum absolute atomic E-state index is 0. The van der Waals surface area contributed by atoms with Crippen LogP contribution >= 0.6 is 0 Å². The molecule has 1 heteroatoms. The van der Waals surface area contributed by atoms with Crippen LogP contribution in [0.2, 0.25) is 0 Å². The molecule has 0 aromatic heterocycles. The molecular formula is C27H68Y-2. The molecule has 0 saturated carbocycles. The van der Waals surface area contributed by atoms with E-state index in [0.717, 1.165) is 12.8 Å². The van der Waals surface area contributed by atoms with Gasteiger partial charge in [0, 0.05) is 32.7 Å². The van der Waals surface area contributed by atoms with E-state index in [4.69, 9.17) is 0 Å². The molecule has 0 nitrogen and oxygen atoms in total. The van der Waals surface area contributed by atoms with Crippen molar-refractivity contribution in [2.45, 2.75) is 168 Å². The zero-order valence-corrected chi connectivity index (χ0v) is 22.7. The summed E-state index contributed by atoms with van der Waals surface area (Å²) in [5.41, 5.74) is 0. The summed E-state index contributed by atoms with van der Waals surface area (Å²) in [4.78, 5) is 0. The third-order valence-electron chi connectivity index (χ3n) is 2.77.